The van der Waals surface area contributed by atoms with E-state index in [1.165, 1.54) is 0 Å². The van der Waals surface area contributed by atoms with E-state index in [0.29, 0.717) is 12.6 Å². The zero-order chi connectivity index (χ0) is 13.2. The number of rotatable bonds is 6. The molecule has 2 unspecified atom stereocenters. The summed E-state index contributed by atoms with van der Waals surface area (Å²) in [6.07, 6.45) is 3.62. The first-order valence-corrected chi connectivity index (χ1v) is 6.95. The van der Waals surface area contributed by atoms with Crippen molar-refractivity contribution >= 4 is 5.91 Å². The molecule has 0 spiro atoms. The Labute approximate surface area is 109 Å². The molecule has 0 aromatic carbocycles. The van der Waals surface area contributed by atoms with Gasteiger partial charge in [-0.3, -0.25) is 15.0 Å². The second kappa shape index (κ2) is 5.55. The second-order valence-corrected chi connectivity index (χ2v) is 5.75. The van der Waals surface area contributed by atoms with Crippen molar-refractivity contribution in [1.29, 1.82) is 0 Å². The molecule has 1 saturated heterocycles. The van der Waals surface area contributed by atoms with Crippen LogP contribution in [-0.2, 0) is 9.53 Å². The SMILES string of the molecule is CCC1CN(CC(C)(NC2CC2)C(N)=O)CCO1. The molecular weight excluding hydrogens is 230 g/mol. The topological polar surface area (TPSA) is 67.6 Å². The molecule has 1 saturated carbocycles. The largest absolute Gasteiger partial charge is 0.376 e. The van der Waals surface area contributed by atoms with Crippen LogP contribution in [0.2, 0.25) is 0 Å². The van der Waals surface area contributed by atoms with Crippen LogP contribution in [0.3, 0.4) is 0 Å². The van der Waals surface area contributed by atoms with Crippen molar-refractivity contribution in [3.8, 4) is 0 Å². The third-order valence-corrected chi connectivity index (χ3v) is 3.86. The van der Waals surface area contributed by atoms with E-state index in [1.807, 2.05) is 6.92 Å². The fourth-order valence-electron chi connectivity index (χ4n) is 2.49. The molecule has 2 fully saturated rings. The Hall–Kier alpha value is -0.650. The summed E-state index contributed by atoms with van der Waals surface area (Å²) in [6, 6.07) is 0.477. The lowest BCUT2D eigenvalue weighted by atomic mass is 9.99. The summed E-state index contributed by atoms with van der Waals surface area (Å²) in [4.78, 5) is 14.0. The molecule has 104 valence electrons. The number of nitrogens with two attached hydrogens (primary N) is 1. The quantitative estimate of drug-likeness (QED) is 0.706. The van der Waals surface area contributed by atoms with E-state index >= 15 is 0 Å². The van der Waals surface area contributed by atoms with Crippen LogP contribution >= 0.6 is 0 Å². The molecule has 1 aliphatic carbocycles. The average molecular weight is 255 g/mol. The van der Waals surface area contributed by atoms with Crippen LogP contribution in [0.1, 0.15) is 33.1 Å². The number of morpholine rings is 1. The number of hydrogen-bond donors (Lipinski definition) is 2. The lowest BCUT2D eigenvalue weighted by molar-refractivity contribution is -0.125. The molecule has 0 radical (unpaired) electrons. The molecule has 2 aliphatic rings. The third-order valence-electron chi connectivity index (χ3n) is 3.86. The van der Waals surface area contributed by atoms with Crippen LogP contribution in [0.15, 0.2) is 0 Å². The highest BCUT2D eigenvalue weighted by molar-refractivity contribution is 5.84. The predicted octanol–water partition coefficient (Wildman–Crippen LogP) is 0.0932. The molecule has 1 heterocycles. The first kappa shape index (κ1) is 13.8. The van der Waals surface area contributed by atoms with Gasteiger partial charge in [0.05, 0.1) is 12.7 Å². The minimum atomic E-state index is -0.614. The Morgan fingerprint density at radius 1 is 1.56 bits per heavy atom. The molecule has 1 amide bonds. The van der Waals surface area contributed by atoms with Crippen LogP contribution in [0.5, 0.6) is 0 Å². The van der Waals surface area contributed by atoms with Crippen molar-refractivity contribution in [2.45, 2.75) is 50.8 Å². The number of nitrogens with one attached hydrogen (secondary N) is 1. The number of primary amides is 1. The maximum absolute atomic E-state index is 11.7. The van der Waals surface area contributed by atoms with Gasteiger partial charge in [0.15, 0.2) is 0 Å². The summed E-state index contributed by atoms with van der Waals surface area (Å²) < 4.78 is 5.65. The van der Waals surface area contributed by atoms with Crippen LogP contribution in [-0.4, -0.2) is 54.7 Å². The lowest BCUT2D eigenvalue weighted by Gasteiger charge is -2.38. The van der Waals surface area contributed by atoms with Crippen LogP contribution < -0.4 is 11.1 Å². The number of amides is 1. The Morgan fingerprint density at radius 2 is 2.28 bits per heavy atom. The number of hydrogen-bond acceptors (Lipinski definition) is 4. The zero-order valence-electron chi connectivity index (χ0n) is 11.4. The number of carbonyl (C=O) groups excluding carboxylic acids is 1. The van der Waals surface area contributed by atoms with Crippen molar-refractivity contribution in [1.82, 2.24) is 10.2 Å². The van der Waals surface area contributed by atoms with Crippen LogP contribution in [0.4, 0.5) is 0 Å². The number of carbonyl (C=O) groups is 1. The molecule has 0 aromatic heterocycles. The summed E-state index contributed by atoms with van der Waals surface area (Å²) in [7, 11) is 0. The molecule has 0 bridgehead atoms. The lowest BCUT2D eigenvalue weighted by Crippen LogP contribution is -2.61. The van der Waals surface area contributed by atoms with Crippen molar-refractivity contribution < 1.29 is 9.53 Å². The first-order chi connectivity index (χ1) is 8.53. The summed E-state index contributed by atoms with van der Waals surface area (Å²) in [6.45, 7) is 7.25. The van der Waals surface area contributed by atoms with Gasteiger partial charge in [-0.2, -0.15) is 0 Å². The van der Waals surface area contributed by atoms with Gasteiger partial charge < -0.3 is 10.5 Å². The standard InChI is InChI=1S/C13H25N3O2/c1-3-11-8-16(6-7-18-11)9-13(2,12(14)17)15-10-4-5-10/h10-11,15H,3-9H2,1-2H3,(H2,14,17). The van der Waals surface area contributed by atoms with Crippen molar-refractivity contribution in [3.05, 3.63) is 0 Å². The Kier molecular flexibility index (Phi) is 4.25. The highest BCUT2D eigenvalue weighted by Gasteiger charge is 2.39. The first-order valence-electron chi connectivity index (χ1n) is 6.95. The summed E-state index contributed by atoms with van der Waals surface area (Å²) in [5.74, 6) is -0.256. The van der Waals surface area contributed by atoms with Crippen LogP contribution in [0, 0.1) is 0 Å². The van der Waals surface area contributed by atoms with Crippen molar-refractivity contribution in [2.75, 3.05) is 26.2 Å². The van der Waals surface area contributed by atoms with Crippen molar-refractivity contribution in [2.24, 2.45) is 5.73 Å². The maximum atomic E-state index is 11.7. The Morgan fingerprint density at radius 3 is 2.83 bits per heavy atom. The van der Waals surface area contributed by atoms with Gasteiger partial charge in [0, 0.05) is 25.7 Å². The van der Waals surface area contributed by atoms with E-state index in [9.17, 15) is 4.79 Å². The van der Waals surface area contributed by atoms with Gasteiger partial charge >= 0.3 is 0 Å². The van der Waals surface area contributed by atoms with Gasteiger partial charge in [0.2, 0.25) is 5.91 Å². The summed E-state index contributed by atoms with van der Waals surface area (Å²) >= 11 is 0. The normalized spacial score (nSPS) is 28.9. The molecule has 18 heavy (non-hydrogen) atoms. The second-order valence-electron chi connectivity index (χ2n) is 5.75. The third kappa shape index (κ3) is 3.43. The molecule has 0 aromatic rings. The average Bonchev–Trinajstić information content (AvgIpc) is 3.12. The summed E-state index contributed by atoms with van der Waals surface area (Å²) in [5, 5.41) is 3.39. The molecule has 2 rings (SSSR count). The molecule has 5 nitrogen and oxygen atoms in total. The van der Waals surface area contributed by atoms with Gasteiger partial charge in [0.1, 0.15) is 5.54 Å². The number of ether oxygens (including phenoxy) is 1. The smallest absolute Gasteiger partial charge is 0.238 e. The highest BCUT2D eigenvalue weighted by atomic mass is 16.5. The molecule has 5 heteroatoms. The van der Waals surface area contributed by atoms with Gasteiger partial charge in [-0.15, -0.1) is 0 Å². The van der Waals surface area contributed by atoms with Gasteiger partial charge in [-0.1, -0.05) is 6.92 Å². The molecule has 3 N–H and O–H groups in total. The van der Waals surface area contributed by atoms with Gasteiger partial charge in [0.25, 0.3) is 0 Å². The summed E-state index contributed by atoms with van der Waals surface area (Å²) in [5.41, 5.74) is 4.96. The molecular formula is C13H25N3O2. The van der Waals surface area contributed by atoms with E-state index in [-0.39, 0.29) is 12.0 Å². The predicted molar refractivity (Wildman–Crippen MR) is 70.2 cm³/mol. The van der Waals surface area contributed by atoms with E-state index in [1.54, 1.807) is 0 Å². The van der Waals surface area contributed by atoms with E-state index in [4.69, 9.17) is 10.5 Å². The van der Waals surface area contributed by atoms with Gasteiger partial charge in [-0.05, 0) is 26.2 Å². The Balaban J connectivity index is 1.92. The molecule has 1 aliphatic heterocycles. The van der Waals surface area contributed by atoms with Crippen molar-refractivity contribution in [3.63, 3.8) is 0 Å². The minimum Gasteiger partial charge on any atom is -0.376 e. The van der Waals surface area contributed by atoms with Gasteiger partial charge in [-0.25, -0.2) is 0 Å². The number of nitrogens with zero attached hydrogens (tertiary/aromatic N) is 1. The minimum absolute atomic E-state index is 0.256. The fourth-order valence-corrected chi connectivity index (χ4v) is 2.49. The molecule has 2 atom stereocenters. The van der Waals surface area contributed by atoms with E-state index < -0.39 is 5.54 Å². The zero-order valence-corrected chi connectivity index (χ0v) is 11.4. The monoisotopic (exact) mass is 255 g/mol. The maximum Gasteiger partial charge on any atom is 0.238 e. The van der Waals surface area contributed by atoms with Crippen LogP contribution in [0.25, 0.3) is 0 Å². The highest BCUT2D eigenvalue weighted by Crippen LogP contribution is 2.23. The van der Waals surface area contributed by atoms with E-state index in [0.717, 1.165) is 39.0 Å². The fraction of sp³-hybridized carbons (Fsp3) is 0.923. The van der Waals surface area contributed by atoms with E-state index in [2.05, 4.69) is 17.1 Å². The Bertz CT molecular complexity index is 307.